The maximum atomic E-state index is 11.9. The number of para-hydroxylation sites is 1. The van der Waals surface area contributed by atoms with Gasteiger partial charge in [-0.05, 0) is 61.6 Å². The van der Waals surface area contributed by atoms with Gasteiger partial charge < -0.3 is 114 Å². The number of benzene rings is 6. The Kier molecular flexibility index (Phi) is 37.9. The Hall–Kier alpha value is -17.3. The van der Waals surface area contributed by atoms with Crippen molar-refractivity contribution in [3.63, 3.8) is 0 Å². The molecule has 12 aromatic heterocycles. The van der Waals surface area contributed by atoms with E-state index in [1.54, 1.807) is 78.9 Å². The van der Waals surface area contributed by atoms with Crippen molar-refractivity contribution < 1.29 is 85.8 Å². The molecule has 12 heterocycles. The highest BCUT2D eigenvalue weighted by atomic mass is 16.6. The zero-order valence-corrected chi connectivity index (χ0v) is 83.6. The van der Waals surface area contributed by atoms with Gasteiger partial charge in [0.1, 0.15) is 50.2 Å². The van der Waals surface area contributed by atoms with E-state index >= 15 is 0 Å². The maximum Gasteiger partial charge on any atom is 0.412 e. The van der Waals surface area contributed by atoms with Crippen LogP contribution in [0.15, 0.2) is 182 Å². The predicted octanol–water partition coefficient (Wildman–Crippen LogP) is 11.1. The van der Waals surface area contributed by atoms with Crippen molar-refractivity contribution in [2.45, 2.75) is 99.8 Å². The first-order chi connectivity index (χ1) is 71.2. The van der Waals surface area contributed by atoms with Crippen LogP contribution in [0.1, 0.15) is 81.0 Å². The van der Waals surface area contributed by atoms with Gasteiger partial charge in [0.15, 0.2) is 90.7 Å². The van der Waals surface area contributed by atoms with E-state index in [1.807, 2.05) is 196 Å². The van der Waals surface area contributed by atoms with Crippen LogP contribution in [-0.4, -0.2) is 256 Å². The molecule has 0 atom stereocenters. The number of amides is 1. The van der Waals surface area contributed by atoms with Gasteiger partial charge in [-0.2, -0.15) is 64.8 Å². The number of imidazole rings is 6. The summed E-state index contributed by atoms with van der Waals surface area (Å²) in [6, 6.07) is 58.7. The molecule has 0 bridgehead atoms. The smallest absolute Gasteiger partial charge is 0.412 e. The number of carbonyl (C=O) groups is 3. The summed E-state index contributed by atoms with van der Waals surface area (Å²) in [5.74, 6) is 2.20. The molecule has 18 aromatic rings. The van der Waals surface area contributed by atoms with Gasteiger partial charge in [-0.25, -0.2) is 24.7 Å². The molecular weight excluding hydrogens is 1900 g/mol. The molecule has 47 heteroatoms. The molecule has 12 N–H and O–H groups in total. The number of methoxy groups -OCH3 is 6. The molecule has 147 heavy (non-hydrogen) atoms. The first-order valence-corrected chi connectivity index (χ1v) is 46.4. The Balaban J connectivity index is 0.000000148. The number of carbonyl (C=O) groups excluding carboxylic acids is 3. The highest BCUT2D eigenvalue weighted by Gasteiger charge is 2.28. The molecule has 0 fully saturated rings. The minimum Gasteiger partial charge on any atom is -0.468 e. The summed E-state index contributed by atoms with van der Waals surface area (Å²) in [7, 11) is 9.52. The molecule has 0 saturated carbocycles. The van der Waals surface area contributed by atoms with Gasteiger partial charge >= 0.3 is 60.1 Å². The number of nitrogens with zero attached hydrogens (tertiary/aromatic N) is 23. The molecule has 0 aliphatic carbocycles. The van der Waals surface area contributed by atoms with Crippen LogP contribution >= 0.6 is 0 Å². The van der Waals surface area contributed by atoms with Crippen molar-refractivity contribution in [1.82, 2.24) is 112 Å². The van der Waals surface area contributed by atoms with Gasteiger partial charge in [0, 0.05) is 61.2 Å². The number of esters is 2. The standard InChI is InChI=1S/C19H24N4O3.2C17H19N5O4.C16H19N5O3.C16H19N5O2.C15H17N5O2/c1-5-14-21-15-16(23(14)11-19(3,4)25)12-9-7-8-10-13(12)20-17(15)22-18(24)26-6-2;2*1-11(23)26-17-19-13-14(18)20-16(25-9-8-24-2)21-15(13)22(17)10-12-6-4-3-5-7-12;1-22-8-9-24-15-19-13(17)12-14(20-15)21(16(18-12)23-2)10-11-6-4-3-5-7-11;1-11-18-13-14(17)19-16(23-9-8-22-2)20-15(13)21(11)10-12-6-4-3-5-7-12;1-21-7-8-22-15-18-13(16)12-14(19-15)20(10-17-12)9-11-5-3-2-4-6-11/h7-10,25H,5-6,11H2,1-4H3,(H,20,22,24);2*3-7H,8-10H2,1-2H3,(H2,18,20,21);3-7H,8-10H2,1-2H3,(H2,17,19,20);3-7H,8-10H2,1-2H3,(H2,17,19,20);2-6,10H,7-9H2,1H3,(H2,16,18,19). The number of ether oxygens (including phenoxy) is 14. The fourth-order valence-corrected chi connectivity index (χ4v) is 14.6. The second-order valence-corrected chi connectivity index (χ2v) is 32.7. The van der Waals surface area contributed by atoms with E-state index in [-0.39, 0.29) is 79.3 Å². The average Bonchev–Trinajstić information content (AvgIpc) is 1.60. The number of rotatable bonds is 38. The number of nitrogens with one attached hydrogen (secondary N) is 1. The number of fused-ring (bicyclic) bond motifs is 8. The zero-order chi connectivity index (χ0) is 104. The van der Waals surface area contributed by atoms with Crippen molar-refractivity contribution in [2.75, 3.05) is 149 Å². The number of nitrogens with two attached hydrogens (primary N) is 5. The molecule has 0 spiro atoms. The zero-order valence-electron chi connectivity index (χ0n) is 83.6. The van der Waals surface area contributed by atoms with E-state index in [4.69, 9.17) is 100.0 Å². The van der Waals surface area contributed by atoms with E-state index in [1.165, 1.54) is 13.8 Å². The fraction of sp³-hybridized carbons (Fsp3) is 0.320. The Morgan fingerprint density at radius 2 is 0.701 bits per heavy atom. The lowest BCUT2D eigenvalue weighted by molar-refractivity contribution is -0.133. The highest BCUT2D eigenvalue weighted by Crippen LogP contribution is 2.35. The van der Waals surface area contributed by atoms with Crippen LogP contribution in [0, 0.1) is 6.92 Å². The van der Waals surface area contributed by atoms with E-state index < -0.39 is 23.6 Å². The molecule has 0 aliphatic rings. The van der Waals surface area contributed by atoms with Crippen molar-refractivity contribution in [3.05, 3.63) is 222 Å². The minimum atomic E-state index is -0.906. The molecule has 18 rings (SSSR count). The molecule has 0 radical (unpaired) electrons. The lowest BCUT2D eigenvalue weighted by Crippen LogP contribution is -2.27. The van der Waals surface area contributed by atoms with E-state index in [2.05, 4.69) is 97.2 Å². The number of anilines is 6. The van der Waals surface area contributed by atoms with E-state index in [0.717, 1.165) is 55.9 Å². The number of aromatic nitrogens is 23. The molecular formula is C100H117N29O18. The van der Waals surface area contributed by atoms with Gasteiger partial charge in [0.25, 0.3) is 6.01 Å². The second-order valence-electron chi connectivity index (χ2n) is 32.7. The molecule has 6 aromatic carbocycles. The minimum absolute atomic E-state index is 0.103. The van der Waals surface area contributed by atoms with Gasteiger partial charge in [-0.1, -0.05) is 177 Å². The van der Waals surface area contributed by atoms with Gasteiger partial charge in [0.2, 0.25) is 0 Å². The van der Waals surface area contributed by atoms with Crippen LogP contribution in [0.3, 0.4) is 0 Å². The third kappa shape index (κ3) is 28.8. The van der Waals surface area contributed by atoms with Crippen LogP contribution in [0.25, 0.3) is 77.8 Å². The Labute approximate surface area is 843 Å². The highest BCUT2D eigenvalue weighted by molar-refractivity contribution is 6.09. The van der Waals surface area contributed by atoms with Crippen molar-refractivity contribution in [3.8, 4) is 48.1 Å². The Morgan fingerprint density at radius 1 is 0.367 bits per heavy atom. The Bertz CT molecular complexity index is 7250. The summed E-state index contributed by atoms with van der Waals surface area (Å²) in [5, 5.41) is 14.0. The number of aliphatic hydroxyl groups is 1. The van der Waals surface area contributed by atoms with Gasteiger partial charge in [0.05, 0.1) is 109 Å². The summed E-state index contributed by atoms with van der Waals surface area (Å²) >= 11 is 0. The second kappa shape index (κ2) is 52.1. The third-order valence-electron chi connectivity index (χ3n) is 21.2. The maximum absolute atomic E-state index is 11.9. The van der Waals surface area contributed by atoms with Crippen molar-refractivity contribution >= 4 is 131 Å². The molecule has 0 saturated heterocycles. The molecule has 47 nitrogen and oxygen atoms in total. The quantitative estimate of drug-likeness (QED) is 0.0140. The normalized spacial score (nSPS) is 11.1. The largest absolute Gasteiger partial charge is 0.468 e. The molecule has 0 unspecified atom stereocenters. The van der Waals surface area contributed by atoms with Gasteiger partial charge in [-0.3, -0.25) is 28.6 Å². The average molecular weight is 2010 g/mol. The SMILES string of the molecule is CCOC(=O)Nc1nc2ccccc2c2c1nc(CC)n2CC(C)(C)O.COCCOc1nc(N)c2nc(C)n(Cc3ccccc3)c2n1.COCCOc1nc(N)c2nc(OC(C)=O)n(Cc3ccccc3)c2n1.COCCOc1nc(N)c2nc(OC(C)=O)n(Cc3ccccc3)c2n1.COCCOc1nc(N)c2nc(OC)n(Cc3ccccc3)c2n1.COCCOc1nc(N)c2ncn(Cc3ccccc3)c2n1. The van der Waals surface area contributed by atoms with Crippen LogP contribution in [-0.2, 0) is 83.7 Å². The van der Waals surface area contributed by atoms with Crippen LogP contribution in [0.5, 0.6) is 48.1 Å². The fourth-order valence-electron chi connectivity index (χ4n) is 14.6. The van der Waals surface area contributed by atoms with Crippen LogP contribution in [0.2, 0.25) is 0 Å². The lowest BCUT2D eigenvalue weighted by Gasteiger charge is -2.20. The number of aryl methyl sites for hydroxylation is 2. The predicted molar refractivity (Wildman–Crippen MR) is 549 cm³/mol. The van der Waals surface area contributed by atoms with E-state index in [9.17, 15) is 19.5 Å². The number of hydrogen-bond donors (Lipinski definition) is 7. The summed E-state index contributed by atoms with van der Waals surface area (Å²) in [4.78, 5) is 108. The topological polar surface area (TPSA) is 591 Å². The first-order valence-electron chi connectivity index (χ1n) is 46.4. The van der Waals surface area contributed by atoms with Crippen LogP contribution in [0.4, 0.5) is 39.7 Å². The summed E-state index contributed by atoms with van der Waals surface area (Å²) in [6.07, 6.45) is 1.84. The molecule has 0 aliphatic heterocycles. The number of pyridine rings is 1. The van der Waals surface area contributed by atoms with Crippen molar-refractivity contribution in [1.29, 1.82) is 0 Å². The number of hydrogen-bond acceptors (Lipinski definition) is 40. The summed E-state index contributed by atoms with van der Waals surface area (Å²) < 4.78 is 83.9. The lowest BCUT2D eigenvalue weighted by atomic mass is 10.1. The molecule has 1 amide bonds. The number of nitrogen functional groups attached to an aromatic ring is 5. The summed E-state index contributed by atoms with van der Waals surface area (Å²) in [5.41, 5.74) is 41.6. The monoisotopic (exact) mass is 2010 g/mol. The first kappa shape index (κ1) is 107. The summed E-state index contributed by atoms with van der Waals surface area (Å²) in [6.45, 7) is 18.9. The third-order valence-corrected chi connectivity index (χ3v) is 21.2. The van der Waals surface area contributed by atoms with Gasteiger partial charge in [-0.15, -0.1) is 0 Å². The van der Waals surface area contributed by atoms with Crippen molar-refractivity contribution in [2.24, 2.45) is 0 Å². The molecule has 770 valence electrons. The van der Waals surface area contributed by atoms with Crippen LogP contribution < -0.4 is 71.9 Å². The van der Waals surface area contributed by atoms with E-state index in [0.29, 0.717) is 183 Å². The Morgan fingerprint density at radius 3 is 1.06 bits per heavy atom.